The molecule has 0 N–H and O–H groups in total. The highest BCUT2D eigenvalue weighted by Crippen LogP contribution is 2.26. The maximum Gasteiger partial charge on any atom is 0.227 e. The van der Waals surface area contributed by atoms with Crippen molar-refractivity contribution in [3.05, 3.63) is 40.1 Å². The molecular formula is C18H26N4OS. The zero-order chi connectivity index (χ0) is 17.3. The molecule has 1 atom stereocenters. The summed E-state index contributed by atoms with van der Waals surface area (Å²) < 4.78 is 2.29. The molecule has 0 bridgehead atoms. The van der Waals surface area contributed by atoms with Gasteiger partial charge in [-0.05, 0) is 50.2 Å². The molecule has 1 amide bonds. The topological polar surface area (TPSA) is 41.4 Å². The van der Waals surface area contributed by atoms with Gasteiger partial charge in [0, 0.05) is 31.9 Å². The van der Waals surface area contributed by atoms with Crippen LogP contribution in [-0.2, 0) is 24.3 Å². The Kier molecular flexibility index (Phi) is 5.06. The fourth-order valence-corrected chi connectivity index (χ4v) is 3.80. The number of hydrogen-bond acceptors (Lipinski definition) is 4. The summed E-state index contributed by atoms with van der Waals surface area (Å²) in [6.07, 6.45) is 2.45. The Morgan fingerprint density at radius 3 is 2.92 bits per heavy atom. The summed E-state index contributed by atoms with van der Waals surface area (Å²) in [4.78, 5) is 21.5. The Hall–Kier alpha value is -1.66. The van der Waals surface area contributed by atoms with Crippen molar-refractivity contribution in [1.29, 1.82) is 0 Å². The van der Waals surface area contributed by atoms with E-state index in [1.807, 2.05) is 27.9 Å². The molecule has 0 aromatic carbocycles. The van der Waals surface area contributed by atoms with Crippen LogP contribution in [0.25, 0.3) is 0 Å². The van der Waals surface area contributed by atoms with Crippen LogP contribution in [0.1, 0.15) is 43.9 Å². The first kappa shape index (κ1) is 17.2. The molecule has 0 fully saturated rings. The lowest BCUT2D eigenvalue weighted by Crippen LogP contribution is -2.42. The number of aromatic nitrogens is 2. The molecule has 2 aromatic rings. The molecule has 0 saturated heterocycles. The highest BCUT2D eigenvalue weighted by atomic mass is 32.1. The van der Waals surface area contributed by atoms with E-state index in [4.69, 9.17) is 0 Å². The van der Waals surface area contributed by atoms with E-state index in [9.17, 15) is 4.79 Å². The Labute approximate surface area is 147 Å². The fourth-order valence-electron chi connectivity index (χ4n) is 3.13. The Balaban J connectivity index is 1.73. The molecule has 24 heavy (non-hydrogen) atoms. The molecule has 1 aliphatic rings. The minimum atomic E-state index is 0.0305. The maximum atomic E-state index is 12.6. The summed E-state index contributed by atoms with van der Waals surface area (Å²) in [6, 6.07) is 2.56. The Bertz CT molecular complexity index is 692. The van der Waals surface area contributed by atoms with Crippen LogP contribution >= 0.6 is 11.3 Å². The number of nitrogens with zero attached hydrogens (tertiary/aromatic N) is 4. The molecule has 0 saturated carbocycles. The van der Waals surface area contributed by atoms with Crippen LogP contribution in [0.3, 0.4) is 0 Å². The number of imidazole rings is 1. The lowest BCUT2D eigenvalue weighted by Gasteiger charge is -2.35. The summed E-state index contributed by atoms with van der Waals surface area (Å²) in [6.45, 7) is 8.95. The van der Waals surface area contributed by atoms with Gasteiger partial charge >= 0.3 is 0 Å². The van der Waals surface area contributed by atoms with Crippen LogP contribution in [0, 0.1) is 0 Å². The van der Waals surface area contributed by atoms with Gasteiger partial charge in [0.1, 0.15) is 5.82 Å². The zero-order valence-corrected chi connectivity index (χ0v) is 15.7. The van der Waals surface area contributed by atoms with Crippen molar-refractivity contribution < 1.29 is 4.79 Å². The van der Waals surface area contributed by atoms with Crippen LogP contribution in [0.5, 0.6) is 0 Å². The largest absolute Gasteiger partial charge is 0.331 e. The van der Waals surface area contributed by atoms with E-state index in [0.717, 1.165) is 31.0 Å². The number of hydrogen-bond donors (Lipinski definition) is 0. The predicted octanol–water partition coefficient (Wildman–Crippen LogP) is 2.93. The summed E-state index contributed by atoms with van der Waals surface area (Å²) >= 11 is 1.64. The number of amides is 1. The number of fused-ring (bicyclic) bond motifs is 1. The van der Waals surface area contributed by atoms with Crippen LogP contribution < -0.4 is 0 Å². The molecule has 1 unspecified atom stereocenters. The van der Waals surface area contributed by atoms with Gasteiger partial charge in [0.2, 0.25) is 5.91 Å². The van der Waals surface area contributed by atoms with Crippen molar-refractivity contribution >= 4 is 17.2 Å². The van der Waals surface area contributed by atoms with Gasteiger partial charge in [0.25, 0.3) is 0 Å². The molecule has 5 nitrogen and oxygen atoms in total. The molecule has 0 spiro atoms. The number of thiophene rings is 1. The van der Waals surface area contributed by atoms with E-state index in [0.29, 0.717) is 12.5 Å². The molecule has 0 radical (unpaired) electrons. The molecule has 2 aromatic heterocycles. The summed E-state index contributed by atoms with van der Waals surface area (Å²) in [5.41, 5.74) is 2.34. The van der Waals surface area contributed by atoms with Crippen molar-refractivity contribution in [2.75, 3.05) is 13.6 Å². The minimum Gasteiger partial charge on any atom is -0.331 e. The Morgan fingerprint density at radius 2 is 2.25 bits per heavy atom. The van der Waals surface area contributed by atoms with Crippen molar-refractivity contribution in [2.45, 2.75) is 52.4 Å². The molecule has 6 heteroatoms. The van der Waals surface area contributed by atoms with Crippen LogP contribution in [-0.4, -0.2) is 44.9 Å². The normalized spacial score (nSPS) is 17.6. The zero-order valence-electron chi connectivity index (χ0n) is 14.9. The molecular weight excluding hydrogens is 320 g/mol. The van der Waals surface area contributed by atoms with E-state index < -0.39 is 0 Å². The number of carbonyl (C=O) groups excluding carboxylic acids is 1. The molecule has 3 heterocycles. The maximum absolute atomic E-state index is 12.6. The van der Waals surface area contributed by atoms with E-state index in [2.05, 4.69) is 42.3 Å². The molecule has 130 valence electrons. The van der Waals surface area contributed by atoms with Gasteiger partial charge in [0.05, 0.1) is 18.2 Å². The second-order valence-corrected chi connectivity index (χ2v) is 7.62. The van der Waals surface area contributed by atoms with Crippen LogP contribution in [0.15, 0.2) is 23.0 Å². The number of carbonyl (C=O) groups is 1. The highest BCUT2D eigenvalue weighted by Gasteiger charge is 2.30. The second kappa shape index (κ2) is 7.07. The monoisotopic (exact) mass is 346 g/mol. The van der Waals surface area contributed by atoms with E-state index in [1.165, 1.54) is 5.69 Å². The van der Waals surface area contributed by atoms with Gasteiger partial charge in [-0.25, -0.2) is 4.98 Å². The SMILES string of the molecule is CC(C)N(C)Cc1cnc2n1CCN(C(=O)Cc1ccsc1)C2C. The van der Waals surface area contributed by atoms with Crippen molar-refractivity contribution in [2.24, 2.45) is 0 Å². The fraction of sp³-hybridized carbons (Fsp3) is 0.556. The van der Waals surface area contributed by atoms with E-state index in [1.54, 1.807) is 11.3 Å². The smallest absolute Gasteiger partial charge is 0.227 e. The third-order valence-electron chi connectivity index (χ3n) is 4.92. The van der Waals surface area contributed by atoms with E-state index >= 15 is 0 Å². The average molecular weight is 346 g/mol. The van der Waals surface area contributed by atoms with E-state index in [-0.39, 0.29) is 11.9 Å². The molecule has 0 aliphatic carbocycles. The standard InChI is InChI=1S/C18H26N4OS/c1-13(2)20(4)11-16-10-19-18-14(3)21(6-7-22(16)18)17(23)9-15-5-8-24-12-15/h5,8,10,12-14H,6-7,9,11H2,1-4H3. The quantitative estimate of drug-likeness (QED) is 0.836. The Morgan fingerprint density at radius 1 is 1.46 bits per heavy atom. The first-order chi connectivity index (χ1) is 11.5. The lowest BCUT2D eigenvalue weighted by atomic mass is 10.1. The lowest BCUT2D eigenvalue weighted by molar-refractivity contribution is -0.133. The second-order valence-electron chi connectivity index (χ2n) is 6.84. The van der Waals surface area contributed by atoms with Crippen LogP contribution in [0.4, 0.5) is 0 Å². The predicted molar refractivity (Wildman–Crippen MR) is 97.0 cm³/mol. The minimum absolute atomic E-state index is 0.0305. The molecule has 3 rings (SSSR count). The highest BCUT2D eigenvalue weighted by molar-refractivity contribution is 7.07. The van der Waals surface area contributed by atoms with Gasteiger partial charge in [-0.15, -0.1) is 0 Å². The van der Waals surface area contributed by atoms with Gasteiger partial charge in [-0.2, -0.15) is 11.3 Å². The van der Waals surface area contributed by atoms with Gasteiger partial charge in [-0.1, -0.05) is 0 Å². The summed E-state index contributed by atoms with van der Waals surface area (Å²) in [5, 5.41) is 4.07. The average Bonchev–Trinajstić information content (AvgIpc) is 3.18. The van der Waals surface area contributed by atoms with Crippen molar-refractivity contribution in [3.63, 3.8) is 0 Å². The van der Waals surface area contributed by atoms with Crippen molar-refractivity contribution in [1.82, 2.24) is 19.4 Å². The summed E-state index contributed by atoms with van der Waals surface area (Å²) in [7, 11) is 2.13. The van der Waals surface area contributed by atoms with Crippen LogP contribution in [0.2, 0.25) is 0 Å². The van der Waals surface area contributed by atoms with Crippen molar-refractivity contribution in [3.8, 4) is 0 Å². The third-order valence-corrected chi connectivity index (χ3v) is 5.66. The first-order valence-electron chi connectivity index (χ1n) is 8.52. The third kappa shape index (κ3) is 3.39. The number of rotatable bonds is 5. The van der Waals surface area contributed by atoms with Gasteiger partial charge in [-0.3, -0.25) is 9.69 Å². The first-order valence-corrected chi connectivity index (χ1v) is 9.46. The summed E-state index contributed by atoms with van der Waals surface area (Å²) in [5.74, 6) is 1.20. The molecule has 1 aliphatic heterocycles. The van der Waals surface area contributed by atoms with Gasteiger partial charge in [0.15, 0.2) is 0 Å². The van der Waals surface area contributed by atoms with Gasteiger partial charge < -0.3 is 9.47 Å².